The summed E-state index contributed by atoms with van der Waals surface area (Å²) in [5, 5.41) is 0. The van der Waals surface area contributed by atoms with E-state index >= 15 is 0 Å². The van der Waals surface area contributed by atoms with Gasteiger partial charge in [-0.15, -0.1) is 0 Å². The van der Waals surface area contributed by atoms with Crippen LogP contribution >= 0.6 is 28.1 Å². The smallest absolute Gasteiger partial charge is 0.178 e. The summed E-state index contributed by atoms with van der Waals surface area (Å²) in [4.78, 5) is 3.22. The van der Waals surface area contributed by atoms with Crippen LogP contribution in [0.4, 0.5) is 0 Å². The predicted octanol–water partition coefficient (Wildman–Crippen LogP) is 3.89. The van der Waals surface area contributed by atoms with Gasteiger partial charge in [-0.25, -0.2) is 0 Å². The minimum atomic E-state index is 0.788. The molecule has 1 aromatic heterocycles. The Morgan fingerprint density at radius 2 is 2.24 bits per heavy atom. The standard InChI is InChI=1S/C12H15BrN2OS/c1-16-7-3-2-6-15-11-8-9(13)4-5-10(11)14-12(15)17/h4-5,8H,2-3,6-7H2,1H3,(H,14,17). The Morgan fingerprint density at radius 3 is 3.00 bits per heavy atom. The second-order valence-electron chi connectivity index (χ2n) is 3.94. The van der Waals surface area contributed by atoms with Gasteiger partial charge in [0, 0.05) is 24.7 Å². The SMILES string of the molecule is COCCCCn1c(=S)[nH]c2ccc(Br)cc21. The van der Waals surface area contributed by atoms with Crippen molar-refractivity contribution in [3.05, 3.63) is 27.4 Å². The molecule has 0 spiro atoms. The van der Waals surface area contributed by atoms with Gasteiger partial charge in [-0.2, -0.15) is 0 Å². The molecule has 0 atom stereocenters. The Kier molecular flexibility index (Phi) is 4.36. The average molecular weight is 315 g/mol. The molecule has 0 fully saturated rings. The number of aromatic amines is 1. The fourth-order valence-electron chi connectivity index (χ4n) is 1.86. The highest BCUT2D eigenvalue weighted by Gasteiger charge is 2.04. The summed E-state index contributed by atoms with van der Waals surface area (Å²) in [6, 6.07) is 6.15. The molecule has 0 unspecified atom stereocenters. The number of hydrogen-bond donors (Lipinski definition) is 1. The fraction of sp³-hybridized carbons (Fsp3) is 0.417. The van der Waals surface area contributed by atoms with Crippen LogP contribution in [0.3, 0.4) is 0 Å². The first-order valence-electron chi connectivity index (χ1n) is 5.59. The van der Waals surface area contributed by atoms with Gasteiger partial charge in [-0.1, -0.05) is 15.9 Å². The number of imidazole rings is 1. The van der Waals surface area contributed by atoms with Gasteiger partial charge < -0.3 is 14.3 Å². The normalized spacial score (nSPS) is 11.2. The zero-order chi connectivity index (χ0) is 12.3. The van der Waals surface area contributed by atoms with Crippen LogP contribution in [0.15, 0.2) is 22.7 Å². The van der Waals surface area contributed by atoms with Gasteiger partial charge in [-0.3, -0.25) is 0 Å². The number of H-pyrrole nitrogens is 1. The second-order valence-corrected chi connectivity index (χ2v) is 5.25. The first kappa shape index (κ1) is 12.8. The maximum absolute atomic E-state index is 5.34. The molecule has 0 bridgehead atoms. The Hall–Kier alpha value is -0.650. The number of nitrogens with one attached hydrogen (secondary N) is 1. The van der Waals surface area contributed by atoms with Crippen LogP contribution in [-0.4, -0.2) is 23.3 Å². The number of fused-ring (bicyclic) bond motifs is 1. The van der Waals surface area contributed by atoms with Crippen LogP contribution in [0.5, 0.6) is 0 Å². The molecule has 0 radical (unpaired) electrons. The van der Waals surface area contributed by atoms with Crippen molar-refractivity contribution in [2.75, 3.05) is 13.7 Å². The highest BCUT2D eigenvalue weighted by molar-refractivity contribution is 9.10. The van der Waals surface area contributed by atoms with Crippen molar-refractivity contribution in [2.24, 2.45) is 0 Å². The maximum Gasteiger partial charge on any atom is 0.178 e. The van der Waals surface area contributed by atoms with Crippen LogP contribution < -0.4 is 0 Å². The van der Waals surface area contributed by atoms with Gasteiger partial charge in [0.15, 0.2) is 4.77 Å². The molecule has 17 heavy (non-hydrogen) atoms. The molecular weight excluding hydrogens is 300 g/mol. The van der Waals surface area contributed by atoms with E-state index < -0.39 is 0 Å². The molecule has 2 aromatic rings. The Balaban J connectivity index is 2.23. The lowest BCUT2D eigenvalue weighted by atomic mass is 10.3. The minimum absolute atomic E-state index is 0.788. The van der Waals surface area contributed by atoms with E-state index in [1.54, 1.807) is 7.11 Å². The van der Waals surface area contributed by atoms with Gasteiger partial charge in [0.2, 0.25) is 0 Å². The van der Waals surface area contributed by atoms with Crippen molar-refractivity contribution in [2.45, 2.75) is 19.4 Å². The van der Waals surface area contributed by atoms with Gasteiger partial charge in [0.1, 0.15) is 0 Å². The number of ether oxygens (including phenoxy) is 1. The zero-order valence-corrected chi connectivity index (χ0v) is 12.1. The third kappa shape index (κ3) is 2.97. The number of rotatable bonds is 5. The molecule has 3 nitrogen and oxygen atoms in total. The third-order valence-corrected chi connectivity index (χ3v) is 3.53. The molecule has 5 heteroatoms. The number of unbranched alkanes of at least 4 members (excludes halogenated alkanes) is 1. The predicted molar refractivity (Wildman–Crippen MR) is 75.9 cm³/mol. The molecular formula is C12H15BrN2OS. The van der Waals surface area contributed by atoms with E-state index in [9.17, 15) is 0 Å². The minimum Gasteiger partial charge on any atom is -0.385 e. The Labute approximate surface area is 114 Å². The molecule has 0 saturated heterocycles. The third-order valence-electron chi connectivity index (χ3n) is 2.72. The summed E-state index contributed by atoms with van der Waals surface area (Å²) in [5.74, 6) is 0. The van der Waals surface area contributed by atoms with E-state index in [0.29, 0.717) is 0 Å². The van der Waals surface area contributed by atoms with Crippen molar-refractivity contribution < 1.29 is 4.74 Å². The summed E-state index contributed by atoms with van der Waals surface area (Å²) < 4.78 is 9.05. The van der Waals surface area contributed by atoms with E-state index in [4.69, 9.17) is 17.0 Å². The number of aryl methyl sites for hydroxylation is 1. The molecule has 1 aromatic carbocycles. The molecule has 0 aliphatic carbocycles. The summed E-state index contributed by atoms with van der Waals surface area (Å²) >= 11 is 8.82. The highest BCUT2D eigenvalue weighted by atomic mass is 79.9. The molecule has 2 rings (SSSR count). The van der Waals surface area contributed by atoms with Crippen LogP contribution in [0, 0.1) is 4.77 Å². The van der Waals surface area contributed by atoms with E-state index in [2.05, 4.69) is 31.5 Å². The number of halogens is 1. The summed E-state index contributed by atoms with van der Waals surface area (Å²) in [5.41, 5.74) is 2.24. The van der Waals surface area contributed by atoms with Crippen molar-refractivity contribution in [3.8, 4) is 0 Å². The van der Waals surface area contributed by atoms with Crippen LogP contribution in [0.1, 0.15) is 12.8 Å². The van der Waals surface area contributed by atoms with Crippen molar-refractivity contribution >= 4 is 39.2 Å². The van der Waals surface area contributed by atoms with Gasteiger partial charge in [0.05, 0.1) is 11.0 Å². The van der Waals surface area contributed by atoms with Crippen LogP contribution in [0.25, 0.3) is 11.0 Å². The monoisotopic (exact) mass is 314 g/mol. The van der Waals surface area contributed by atoms with Crippen LogP contribution in [0.2, 0.25) is 0 Å². The van der Waals surface area contributed by atoms with Gasteiger partial charge >= 0.3 is 0 Å². The van der Waals surface area contributed by atoms with Crippen molar-refractivity contribution in [1.82, 2.24) is 9.55 Å². The van der Waals surface area contributed by atoms with E-state index in [0.717, 1.165) is 46.3 Å². The first-order chi connectivity index (χ1) is 8.22. The molecule has 0 aliphatic rings. The average Bonchev–Trinajstić information content (AvgIpc) is 2.61. The van der Waals surface area contributed by atoms with E-state index in [1.807, 2.05) is 12.1 Å². The van der Waals surface area contributed by atoms with Crippen molar-refractivity contribution in [3.63, 3.8) is 0 Å². The molecule has 1 N–H and O–H groups in total. The molecule has 1 heterocycles. The molecule has 0 saturated carbocycles. The maximum atomic E-state index is 5.34. The zero-order valence-electron chi connectivity index (χ0n) is 9.70. The summed E-state index contributed by atoms with van der Waals surface area (Å²) in [6.07, 6.45) is 2.13. The second kappa shape index (κ2) is 5.80. The summed E-state index contributed by atoms with van der Waals surface area (Å²) in [7, 11) is 1.73. The van der Waals surface area contributed by atoms with Crippen molar-refractivity contribution in [1.29, 1.82) is 0 Å². The lowest BCUT2D eigenvalue weighted by Gasteiger charge is -2.04. The largest absolute Gasteiger partial charge is 0.385 e. The highest BCUT2D eigenvalue weighted by Crippen LogP contribution is 2.20. The fourth-order valence-corrected chi connectivity index (χ4v) is 2.51. The number of hydrogen-bond acceptors (Lipinski definition) is 2. The Bertz CT molecular complexity index is 561. The molecule has 92 valence electrons. The lowest BCUT2D eigenvalue weighted by Crippen LogP contribution is -1.99. The van der Waals surface area contributed by atoms with Gasteiger partial charge in [-0.05, 0) is 43.3 Å². The number of methoxy groups -OCH3 is 1. The topological polar surface area (TPSA) is 29.9 Å². The van der Waals surface area contributed by atoms with Gasteiger partial charge in [0.25, 0.3) is 0 Å². The Morgan fingerprint density at radius 1 is 1.41 bits per heavy atom. The van der Waals surface area contributed by atoms with E-state index in [1.165, 1.54) is 0 Å². The molecule has 0 aliphatic heterocycles. The molecule has 0 amide bonds. The van der Waals surface area contributed by atoms with E-state index in [-0.39, 0.29) is 0 Å². The lowest BCUT2D eigenvalue weighted by molar-refractivity contribution is 0.191. The summed E-state index contributed by atoms with van der Waals surface area (Å²) in [6.45, 7) is 1.73. The van der Waals surface area contributed by atoms with Crippen LogP contribution in [-0.2, 0) is 11.3 Å². The number of nitrogens with zero attached hydrogens (tertiary/aromatic N) is 1. The number of aromatic nitrogens is 2. The quantitative estimate of drug-likeness (QED) is 0.670. The number of benzene rings is 1. The first-order valence-corrected chi connectivity index (χ1v) is 6.79.